The molecule has 0 aliphatic rings. The molecule has 0 aliphatic carbocycles. The molecule has 2 aromatic carbocycles. The van der Waals surface area contributed by atoms with Crippen LogP contribution in [0, 0.1) is 0 Å². The third kappa shape index (κ3) is 5.17. The molecule has 0 unspecified atom stereocenters. The van der Waals surface area contributed by atoms with Crippen molar-refractivity contribution >= 4 is 21.7 Å². The second kappa shape index (κ2) is 9.60. The maximum atomic E-state index is 12.8. The monoisotopic (exact) mass is 425 g/mol. The van der Waals surface area contributed by atoms with Gasteiger partial charge in [0.2, 0.25) is 15.9 Å². The lowest BCUT2D eigenvalue weighted by Crippen LogP contribution is -2.36. The molecule has 0 aromatic heterocycles. The number of halogens is 2. The molecule has 0 saturated carbocycles. The quantitative estimate of drug-likeness (QED) is 0.605. The first kappa shape index (κ1) is 22.5. The SMILES string of the molecule is CCN(CC)C(=O)[C@H](OC(=O)c1ccc(S(=O)(=O)C(F)F)cc1)c1ccccc1. The minimum absolute atomic E-state index is 0.0634. The first-order valence-electron chi connectivity index (χ1n) is 8.89. The van der Waals surface area contributed by atoms with Crippen LogP contribution in [0.2, 0.25) is 0 Å². The molecule has 2 rings (SSSR count). The van der Waals surface area contributed by atoms with Crippen molar-refractivity contribution in [1.29, 1.82) is 0 Å². The van der Waals surface area contributed by atoms with Gasteiger partial charge in [-0.3, -0.25) is 4.79 Å². The third-order valence-electron chi connectivity index (χ3n) is 4.28. The zero-order valence-electron chi connectivity index (χ0n) is 15.9. The summed E-state index contributed by atoms with van der Waals surface area (Å²) < 4.78 is 53.6. The van der Waals surface area contributed by atoms with E-state index in [0.717, 1.165) is 24.3 Å². The van der Waals surface area contributed by atoms with Crippen LogP contribution in [0.3, 0.4) is 0 Å². The van der Waals surface area contributed by atoms with Crippen molar-refractivity contribution in [3.63, 3.8) is 0 Å². The van der Waals surface area contributed by atoms with E-state index in [9.17, 15) is 26.8 Å². The zero-order chi connectivity index (χ0) is 21.6. The number of hydrogen-bond acceptors (Lipinski definition) is 5. The maximum absolute atomic E-state index is 12.8. The molecular weight excluding hydrogens is 404 g/mol. The van der Waals surface area contributed by atoms with Gasteiger partial charge in [0.25, 0.3) is 5.91 Å². The van der Waals surface area contributed by atoms with Gasteiger partial charge in [-0.05, 0) is 38.1 Å². The number of amides is 1. The maximum Gasteiger partial charge on any atom is 0.341 e. The lowest BCUT2D eigenvalue weighted by atomic mass is 10.1. The lowest BCUT2D eigenvalue weighted by Gasteiger charge is -2.25. The first-order valence-corrected chi connectivity index (χ1v) is 10.4. The van der Waals surface area contributed by atoms with Crippen LogP contribution in [0.1, 0.15) is 35.9 Å². The van der Waals surface area contributed by atoms with E-state index in [1.165, 1.54) is 4.90 Å². The second-order valence-electron chi connectivity index (χ2n) is 6.04. The number of esters is 1. The molecule has 156 valence electrons. The van der Waals surface area contributed by atoms with E-state index in [1.807, 2.05) is 0 Å². The van der Waals surface area contributed by atoms with Crippen LogP contribution in [0.25, 0.3) is 0 Å². The van der Waals surface area contributed by atoms with Crippen molar-refractivity contribution in [2.45, 2.75) is 30.6 Å². The molecule has 0 saturated heterocycles. The highest BCUT2D eigenvalue weighted by Gasteiger charge is 2.30. The van der Waals surface area contributed by atoms with Gasteiger partial charge in [-0.2, -0.15) is 8.78 Å². The van der Waals surface area contributed by atoms with E-state index in [0.29, 0.717) is 18.7 Å². The Labute approximate surface area is 168 Å². The Hall–Kier alpha value is -2.81. The average Bonchev–Trinajstić information content (AvgIpc) is 2.73. The Kier molecular flexibility index (Phi) is 7.44. The number of nitrogens with zero attached hydrogens (tertiary/aromatic N) is 1. The van der Waals surface area contributed by atoms with E-state index in [-0.39, 0.29) is 5.56 Å². The van der Waals surface area contributed by atoms with E-state index in [1.54, 1.807) is 44.2 Å². The van der Waals surface area contributed by atoms with Gasteiger partial charge in [-0.15, -0.1) is 0 Å². The van der Waals surface area contributed by atoms with Crippen LogP contribution < -0.4 is 0 Å². The van der Waals surface area contributed by atoms with Gasteiger partial charge in [0.05, 0.1) is 10.5 Å². The molecular formula is C20H21F2NO5S. The number of sulfone groups is 1. The van der Waals surface area contributed by atoms with Gasteiger partial charge >= 0.3 is 11.7 Å². The fourth-order valence-corrected chi connectivity index (χ4v) is 3.37. The van der Waals surface area contributed by atoms with Gasteiger partial charge < -0.3 is 9.64 Å². The Balaban J connectivity index is 2.29. The summed E-state index contributed by atoms with van der Waals surface area (Å²) in [5.74, 6) is -4.83. The normalized spacial score (nSPS) is 12.4. The van der Waals surface area contributed by atoms with Crippen LogP contribution >= 0.6 is 0 Å². The molecule has 9 heteroatoms. The minimum Gasteiger partial charge on any atom is -0.444 e. The van der Waals surface area contributed by atoms with Gasteiger partial charge in [0.1, 0.15) is 0 Å². The van der Waals surface area contributed by atoms with Crippen LogP contribution in [0.4, 0.5) is 8.78 Å². The molecule has 2 aromatic rings. The Morgan fingerprint density at radius 1 is 0.966 bits per heavy atom. The van der Waals surface area contributed by atoms with E-state index < -0.39 is 38.5 Å². The van der Waals surface area contributed by atoms with E-state index >= 15 is 0 Å². The smallest absolute Gasteiger partial charge is 0.341 e. The predicted octanol–water partition coefficient (Wildman–Crippen LogP) is 3.45. The summed E-state index contributed by atoms with van der Waals surface area (Å²) in [4.78, 5) is 26.3. The molecule has 0 heterocycles. The fourth-order valence-electron chi connectivity index (χ4n) is 2.65. The van der Waals surface area contributed by atoms with E-state index in [2.05, 4.69) is 0 Å². The average molecular weight is 425 g/mol. The third-order valence-corrected chi connectivity index (χ3v) is 5.68. The van der Waals surface area contributed by atoms with Crippen molar-refractivity contribution in [2.75, 3.05) is 13.1 Å². The zero-order valence-corrected chi connectivity index (χ0v) is 16.7. The highest BCUT2D eigenvalue weighted by atomic mass is 32.2. The molecule has 1 atom stereocenters. The molecule has 29 heavy (non-hydrogen) atoms. The summed E-state index contributed by atoms with van der Waals surface area (Å²) >= 11 is 0. The van der Waals surface area contributed by atoms with Crippen molar-refractivity contribution in [3.05, 3.63) is 65.7 Å². The van der Waals surface area contributed by atoms with Crippen LogP contribution in [-0.4, -0.2) is 44.0 Å². The van der Waals surface area contributed by atoms with Gasteiger partial charge in [0.15, 0.2) is 0 Å². The number of benzene rings is 2. The summed E-state index contributed by atoms with van der Waals surface area (Å²) in [6.45, 7) is 4.45. The highest BCUT2D eigenvalue weighted by molar-refractivity contribution is 7.91. The van der Waals surface area contributed by atoms with Gasteiger partial charge in [0, 0.05) is 18.7 Å². The molecule has 0 bridgehead atoms. The molecule has 0 aliphatic heterocycles. The van der Waals surface area contributed by atoms with Crippen molar-refractivity contribution in [1.82, 2.24) is 4.90 Å². The van der Waals surface area contributed by atoms with Gasteiger partial charge in [-0.25, -0.2) is 13.2 Å². The lowest BCUT2D eigenvalue weighted by molar-refractivity contribution is -0.140. The molecule has 1 amide bonds. The number of ether oxygens (including phenoxy) is 1. The minimum atomic E-state index is -4.76. The summed E-state index contributed by atoms with van der Waals surface area (Å²) in [7, 11) is -4.76. The van der Waals surface area contributed by atoms with Crippen molar-refractivity contribution < 1.29 is 31.5 Å². The van der Waals surface area contributed by atoms with Gasteiger partial charge in [-0.1, -0.05) is 30.3 Å². The Bertz CT molecular complexity index is 943. The second-order valence-corrected chi connectivity index (χ2v) is 7.95. The topological polar surface area (TPSA) is 80.8 Å². The molecule has 0 N–H and O–H groups in total. The standard InChI is InChI=1S/C20H21F2NO5S/c1-3-23(4-2)18(24)17(14-8-6-5-7-9-14)28-19(25)15-10-12-16(13-11-15)29(26,27)20(21)22/h5-13,17,20H,3-4H2,1-2H3/t17-/m1/s1. The molecule has 0 spiro atoms. The highest BCUT2D eigenvalue weighted by Crippen LogP contribution is 2.23. The van der Waals surface area contributed by atoms with E-state index in [4.69, 9.17) is 4.74 Å². The van der Waals surface area contributed by atoms with Crippen LogP contribution in [-0.2, 0) is 19.4 Å². The molecule has 0 radical (unpaired) electrons. The summed E-state index contributed by atoms with van der Waals surface area (Å²) in [5, 5.41) is 0. The number of alkyl halides is 2. The van der Waals surface area contributed by atoms with Crippen LogP contribution in [0.15, 0.2) is 59.5 Å². The predicted molar refractivity (Wildman–Crippen MR) is 102 cm³/mol. The number of carbonyl (C=O) groups is 2. The van der Waals surface area contributed by atoms with Crippen molar-refractivity contribution in [2.24, 2.45) is 0 Å². The molecule has 6 nitrogen and oxygen atoms in total. The summed E-state index contributed by atoms with van der Waals surface area (Å²) in [6, 6.07) is 12.4. The Morgan fingerprint density at radius 3 is 2.00 bits per heavy atom. The summed E-state index contributed by atoms with van der Waals surface area (Å²) in [5.41, 5.74) is 0.418. The summed E-state index contributed by atoms with van der Waals surface area (Å²) in [6.07, 6.45) is -1.19. The Morgan fingerprint density at radius 2 is 1.52 bits per heavy atom. The number of rotatable bonds is 8. The molecule has 0 fully saturated rings. The first-order chi connectivity index (χ1) is 13.7. The fraction of sp³-hybridized carbons (Fsp3) is 0.300. The number of carbonyl (C=O) groups excluding carboxylic acids is 2. The number of hydrogen-bond donors (Lipinski definition) is 0. The number of likely N-dealkylation sites (N-methyl/N-ethyl adjacent to an activating group) is 1. The van der Waals surface area contributed by atoms with Crippen molar-refractivity contribution in [3.8, 4) is 0 Å². The largest absolute Gasteiger partial charge is 0.444 e. The van der Waals surface area contributed by atoms with Crippen LogP contribution in [0.5, 0.6) is 0 Å².